The maximum absolute atomic E-state index is 12.4. The van der Waals surface area contributed by atoms with E-state index in [0.29, 0.717) is 22.9 Å². The highest BCUT2D eigenvalue weighted by Crippen LogP contribution is 2.19. The molecule has 0 fully saturated rings. The Morgan fingerprint density at radius 1 is 0.964 bits per heavy atom. The van der Waals surface area contributed by atoms with E-state index < -0.39 is 0 Å². The number of benzene rings is 2. The van der Waals surface area contributed by atoms with Crippen LogP contribution in [0.25, 0.3) is 5.65 Å². The Morgan fingerprint density at radius 2 is 1.68 bits per heavy atom. The van der Waals surface area contributed by atoms with Gasteiger partial charge in [-0.25, -0.2) is 4.98 Å². The molecule has 0 aliphatic rings. The second kappa shape index (κ2) is 8.38. The molecule has 4 nitrogen and oxygen atoms in total. The molecular formula is C23H20ClN3O. The quantitative estimate of drug-likeness (QED) is 0.531. The molecule has 0 amide bonds. The molecular weight excluding hydrogens is 370 g/mol. The lowest BCUT2D eigenvalue weighted by Gasteiger charge is -2.19. The fourth-order valence-electron chi connectivity index (χ4n) is 3.29. The minimum atomic E-state index is -0.136. The van der Waals surface area contributed by atoms with Gasteiger partial charge < -0.3 is 5.32 Å². The summed E-state index contributed by atoms with van der Waals surface area (Å²) in [6.45, 7) is 0.501. The SMILES string of the molecule is O=c1cc(CN[C@H](Cc2ccccc2)c2ccccc2)nc2ccc(Cl)cn12. The highest BCUT2D eigenvalue weighted by molar-refractivity contribution is 6.30. The van der Waals surface area contributed by atoms with E-state index in [0.717, 1.165) is 6.42 Å². The Kier molecular flexibility index (Phi) is 5.51. The highest BCUT2D eigenvalue weighted by Gasteiger charge is 2.13. The number of rotatable bonds is 6. The van der Waals surface area contributed by atoms with E-state index in [1.807, 2.05) is 36.4 Å². The van der Waals surface area contributed by atoms with Gasteiger partial charge >= 0.3 is 0 Å². The normalized spacial score (nSPS) is 12.2. The van der Waals surface area contributed by atoms with Crippen LogP contribution in [0.1, 0.15) is 22.9 Å². The molecule has 0 radical (unpaired) electrons. The summed E-state index contributed by atoms with van der Waals surface area (Å²) in [4.78, 5) is 17.0. The molecule has 1 atom stereocenters. The third-order valence-corrected chi connectivity index (χ3v) is 4.91. The monoisotopic (exact) mass is 389 g/mol. The van der Waals surface area contributed by atoms with Gasteiger partial charge in [0.2, 0.25) is 0 Å². The average Bonchev–Trinajstić information content (AvgIpc) is 2.73. The zero-order chi connectivity index (χ0) is 19.3. The van der Waals surface area contributed by atoms with E-state index in [-0.39, 0.29) is 11.6 Å². The molecule has 2 aromatic carbocycles. The molecule has 1 N–H and O–H groups in total. The average molecular weight is 390 g/mol. The zero-order valence-electron chi connectivity index (χ0n) is 15.3. The predicted octanol–water partition coefficient (Wildman–Crippen LogP) is 4.42. The first-order valence-electron chi connectivity index (χ1n) is 9.19. The molecule has 0 bridgehead atoms. The van der Waals surface area contributed by atoms with Crippen LogP contribution in [0.5, 0.6) is 0 Å². The second-order valence-corrected chi connectivity index (χ2v) is 7.13. The zero-order valence-corrected chi connectivity index (χ0v) is 16.0. The molecule has 140 valence electrons. The molecule has 0 unspecified atom stereocenters. The molecule has 0 saturated carbocycles. The standard InChI is InChI=1S/C23H20ClN3O/c24-19-11-12-22-26-20(14-23(28)27(22)16-19)15-25-21(18-9-5-2-6-10-18)13-17-7-3-1-4-8-17/h1-12,14,16,21,25H,13,15H2/t21-/m1/s1. The van der Waals surface area contributed by atoms with Crippen LogP contribution in [0.2, 0.25) is 5.02 Å². The number of hydrogen-bond acceptors (Lipinski definition) is 3. The van der Waals surface area contributed by atoms with Crippen LogP contribution < -0.4 is 10.9 Å². The van der Waals surface area contributed by atoms with E-state index >= 15 is 0 Å². The fraction of sp³-hybridized carbons (Fsp3) is 0.130. The van der Waals surface area contributed by atoms with Gasteiger partial charge in [-0.2, -0.15) is 0 Å². The van der Waals surface area contributed by atoms with Crippen molar-refractivity contribution in [1.29, 1.82) is 0 Å². The fourth-order valence-corrected chi connectivity index (χ4v) is 3.45. The van der Waals surface area contributed by atoms with E-state index in [4.69, 9.17) is 11.6 Å². The molecule has 5 heteroatoms. The largest absolute Gasteiger partial charge is 0.304 e. The van der Waals surface area contributed by atoms with Crippen molar-refractivity contribution in [3.63, 3.8) is 0 Å². The molecule has 0 aliphatic heterocycles. The van der Waals surface area contributed by atoms with Crippen molar-refractivity contribution in [2.45, 2.75) is 19.0 Å². The molecule has 2 aromatic heterocycles. The Morgan fingerprint density at radius 3 is 2.43 bits per heavy atom. The molecule has 0 saturated heterocycles. The Bertz CT molecular complexity index is 1130. The Hall–Kier alpha value is -2.95. The van der Waals surface area contributed by atoms with Crippen LogP contribution in [0.3, 0.4) is 0 Å². The number of hydrogen-bond donors (Lipinski definition) is 1. The minimum absolute atomic E-state index is 0.120. The van der Waals surface area contributed by atoms with Crippen LogP contribution in [-0.2, 0) is 13.0 Å². The lowest BCUT2D eigenvalue weighted by Crippen LogP contribution is -2.25. The first kappa shape index (κ1) is 18.4. The summed E-state index contributed by atoms with van der Waals surface area (Å²) < 4.78 is 1.46. The summed E-state index contributed by atoms with van der Waals surface area (Å²) in [5.74, 6) is 0. The van der Waals surface area contributed by atoms with Crippen molar-refractivity contribution < 1.29 is 0 Å². The smallest absolute Gasteiger partial charge is 0.258 e. The lowest BCUT2D eigenvalue weighted by atomic mass is 9.99. The number of nitrogens with zero attached hydrogens (tertiary/aromatic N) is 2. The van der Waals surface area contributed by atoms with E-state index in [1.165, 1.54) is 15.5 Å². The molecule has 2 heterocycles. The maximum atomic E-state index is 12.4. The van der Waals surface area contributed by atoms with Gasteiger partial charge in [-0.05, 0) is 29.7 Å². The Balaban J connectivity index is 1.58. The van der Waals surface area contributed by atoms with Crippen molar-refractivity contribution in [2.24, 2.45) is 0 Å². The van der Waals surface area contributed by atoms with Crippen molar-refractivity contribution in [2.75, 3.05) is 0 Å². The van der Waals surface area contributed by atoms with Crippen LogP contribution in [0.4, 0.5) is 0 Å². The van der Waals surface area contributed by atoms with Gasteiger partial charge in [-0.3, -0.25) is 9.20 Å². The van der Waals surface area contributed by atoms with Crippen LogP contribution >= 0.6 is 11.6 Å². The second-order valence-electron chi connectivity index (χ2n) is 6.70. The summed E-state index contributed by atoms with van der Waals surface area (Å²) in [7, 11) is 0. The van der Waals surface area contributed by atoms with Crippen molar-refractivity contribution >= 4 is 17.2 Å². The van der Waals surface area contributed by atoms with Gasteiger partial charge in [0.25, 0.3) is 5.56 Å². The van der Waals surface area contributed by atoms with Crippen LogP contribution in [0, 0.1) is 0 Å². The van der Waals surface area contributed by atoms with Gasteiger partial charge in [0.05, 0.1) is 10.7 Å². The third kappa shape index (κ3) is 4.30. The van der Waals surface area contributed by atoms with E-state index in [9.17, 15) is 4.79 Å². The summed E-state index contributed by atoms with van der Waals surface area (Å²) in [5, 5.41) is 4.08. The minimum Gasteiger partial charge on any atom is -0.304 e. The van der Waals surface area contributed by atoms with E-state index in [1.54, 1.807) is 24.4 Å². The van der Waals surface area contributed by atoms with Gasteiger partial charge in [-0.1, -0.05) is 72.3 Å². The summed E-state index contributed by atoms with van der Waals surface area (Å²) in [5.41, 5.74) is 3.62. The number of aromatic nitrogens is 2. The molecule has 4 rings (SSSR count). The number of nitrogens with one attached hydrogen (secondary N) is 1. The molecule has 0 aliphatic carbocycles. The number of fused-ring (bicyclic) bond motifs is 1. The topological polar surface area (TPSA) is 46.4 Å². The molecule has 28 heavy (non-hydrogen) atoms. The Labute approximate surface area is 168 Å². The number of pyridine rings is 1. The first-order chi connectivity index (χ1) is 13.7. The number of halogens is 1. The molecule has 0 spiro atoms. The van der Waals surface area contributed by atoms with Crippen LogP contribution in [-0.4, -0.2) is 9.38 Å². The van der Waals surface area contributed by atoms with Gasteiger partial charge in [0, 0.05) is 24.8 Å². The maximum Gasteiger partial charge on any atom is 0.258 e. The van der Waals surface area contributed by atoms with Gasteiger partial charge in [-0.15, -0.1) is 0 Å². The lowest BCUT2D eigenvalue weighted by molar-refractivity contribution is 0.525. The summed E-state index contributed by atoms with van der Waals surface area (Å²) in [6.07, 6.45) is 2.44. The van der Waals surface area contributed by atoms with Crippen LogP contribution in [0.15, 0.2) is 89.9 Å². The van der Waals surface area contributed by atoms with Gasteiger partial charge in [0.1, 0.15) is 5.65 Å². The summed E-state index contributed by atoms with van der Waals surface area (Å²) in [6, 6.07) is 25.9. The highest BCUT2D eigenvalue weighted by atomic mass is 35.5. The van der Waals surface area contributed by atoms with Crippen molar-refractivity contribution in [3.05, 3.63) is 117 Å². The van der Waals surface area contributed by atoms with Gasteiger partial charge in [0.15, 0.2) is 0 Å². The summed E-state index contributed by atoms with van der Waals surface area (Å²) >= 11 is 5.98. The van der Waals surface area contributed by atoms with Crippen molar-refractivity contribution in [1.82, 2.24) is 14.7 Å². The first-order valence-corrected chi connectivity index (χ1v) is 9.57. The predicted molar refractivity (Wildman–Crippen MR) is 113 cm³/mol. The third-order valence-electron chi connectivity index (χ3n) is 4.69. The van der Waals surface area contributed by atoms with E-state index in [2.05, 4.69) is 34.6 Å². The van der Waals surface area contributed by atoms with Crippen molar-refractivity contribution in [3.8, 4) is 0 Å². The molecule has 4 aromatic rings.